The number of carbonyl (C=O) groups excluding carboxylic acids is 2. The summed E-state index contributed by atoms with van der Waals surface area (Å²) >= 11 is 11.1. The highest BCUT2D eigenvalue weighted by atomic mass is 35.5. The third-order valence-electron chi connectivity index (χ3n) is 2.27. The normalized spacial score (nSPS) is 10.2. The molecular weight excluding hydrogens is 291 g/mol. The number of hydrogen-bond donors (Lipinski definition) is 0. The molecule has 19 heavy (non-hydrogen) atoms. The van der Waals surface area contributed by atoms with Crippen LogP contribution in [0.2, 0.25) is 5.02 Å². The first-order chi connectivity index (χ1) is 9.08. The van der Waals surface area contributed by atoms with E-state index in [1.54, 1.807) is 12.1 Å². The van der Waals surface area contributed by atoms with Crippen LogP contribution in [0.5, 0.6) is 5.75 Å². The standard InChI is InChI=1S/C13H8Cl2O4/c14-8-3-4-10(19-7-12(15)16)9(6-8)13(17)11-2-1-5-18-11/h1-6H,7H2. The molecule has 98 valence electrons. The summed E-state index contributed by atoms with van der Waals surface area (Å²) < 4.78 is 10.2. The van der Waals surface area contributed by atoms with Crippen LogP contribution in [0.4, 0.5) is 0 Å². The van der Waals surface area contributed by atoms with Crippen molar-refractivity contribution in [2.24, 2.45) is 0 Å². The molecule has 1 aromatic heterocycles. The molecule has 4 nitrogen and oxygen atoms in total. The molecule has 0 saturated carbocycles. The van der Waals surface area contributed by atoms with E-state index in [4.69, 9.17) is 32.4 Å². The first kappa shape index (κ1) is 13.6. The van der Waals surface area contributed by atoms with Gasteiger partial charge >= 0.3 is 0 Å². The number of halogens is 2. The highest BCUT2D eigenvalue weighted by Crippen LogP contribution is 2.25. The van der Waals surface area contributed by atoms with Gasteiger partial charge in [0, 0.05) is 5.02 Å². The van der Waals surface area contributed by atoms with Crippen molar-refractivity contribution in [3.63, 3.8) is 0 Å². The Labute approximate surface area is 118 Å². The predicted octanol–water partition coefficient (Wildman–Crippen LogP) is 3.31. The molecule has 0 radical (unpaired) electrons. The maximum atomic E-state index is 12.2. The van der Waals surface area contributed by atoms with Crippen LogP contribution < -0.4 is 4.74 Å². The van der Waals surface area contributed by atoms with E-state index in [9.17, 15) is 9.59 Å². The fourth-order valence-electron chi connectivity index (χ4n) is 1.48. The first-order valence-corrected chi connectivity index (χ1v) is 6.02. The van der Waals surface area contributed by atoms with E-state index >= 15 is 0 Å². The van der Waals surface area contributed by atoms with Crippen molar-refractivity contribution in [1.82, 2.24) is 0 Å². The molecular formula is C13H8Cl2O4. The Morgan fingerprint density at radius 3 is 2.68 bits per heavy atom. The molecule has 2 aromatic rings. The molecule has 0 aliphatic rings. The molecule has 0 amide bonds. The molecule has 0 unspecified atom stereocenters. The average molecular weight is 299 g/mol. The summed E-state index contributed by atoms with van der Waals surface area (Å²) in [5.41, 5.74) is 0.209. The summed E-state index contributed by atoms with van der Waals surface area (Å²) in [5, 5.41) is -0.286. The van der Waals surface area contributed by atoms with Gasteiger partial charge in [-0.2, -0.15) is 0 Å². The van der Waals surface area contributed by atoms with Crippen LogP contribution in [0.15, 0.2) is 41.0 Å². The quantitative estimate of drug-likeness (QED) is 0.628. The van der Waals surface area contributed by atoms with Crippen LogP contribution in [0.25, 0.3) is 0 Å². The monoisotopic (exact) mass is 298 g/mol. The van der Waals surface area contributed by atoms with E-state index in [0.717, 1.165) is 0 Å². The summed E-state index contributed by atoms with van der Waals surface area (Å²) in [6.45, 7) is -0.332. The van der Waals surface area contributed by atoms with Gasteiger partial charge < -0.3 is 9.15 Å². The fourth-order valence-corrected chi connectivity index (χ4v) is 1.71. The van der Waals surface area contributed by atoms with E-state index in [0.29, 0.717) is 5.02 Å². The molecule has 1 aromatic carbocycles. The molecule has 0 bridgehead atoms. The van der Waals surface area contributed by atoms with Gasteiger partial charge in [0.25, 0.3) is 5.24 Å². The zero-order chi connectivity index (χ0) is 13.8. The van der Waals surface area contributed by atoms with Gasteiger partial charge in [0.1, 0.15) is 5.75 Å². The molecule has 0 N–H and O–H groups in total. The van der Waals surface area contributed by atoms with Crippen LogP contribution in [0.3, 0.4) is 0 Å². The second kappa shape index (κ2) is 5.91. The Bertz CT molecular complexity index is 605. The van der Waals surface area contributed by atoms with Gasteiger partial charge in [0.2, 0.25) is 5.78 Å². The lowest BCUT2D eigenvalue weighted by molar-refractivity contribution is -0.113. The second-order valence-corrected chi connectivity index (χ2v) is 4.45. The number of benzene rings is 1. The molecule has 2 rings (SSSR count). The molecule has 0 saturated heterocycles. The maximum Gasteiger partial charge on any atom is 0.259 e. The van der Waals surface area contributed by atoms with Crippen LogP contribution in [0.1, 0.15) is 16.1 Å². The van der Waals surface area contributed by atoms with Crippen LogP contribution in [-0.2, 0) is 4.79 Å². The summed E-state index contributed by atoms with van der Waals surface area (Å²) in [6.07, 6.45) is 1.39. The molecule has 0 aliphatic heterocycles. The Morgan fingerprint density at radius 2 is 2.05 bits per heavy atom. The van der Waals surface area contributed by atoms with Crippen molar-refractivity contribution >= 4 is 34.2 Å². The second-order valence-electron chi connectivity index (χ2n) is 3.59. The molecule has 0 spiro atoms. The number of ketones is 1. The Kier molecular flexibility index (Phi) is 4.24. The van der Waals surface area contributed by atoms with E-state index in [1.165, 1.54) is 24.5 Å². The van der Waals surface area contributed by atoms with Crippen molar-refractivity contribution in [3.05, 3.63) is 52.9 Å². The summed E-state index contributed by atoms with van der Waals surface area (Å²) in [6, 6.07) is 7.62. The number of hydrogen-bond acceptors (Lipinski definition) is 4. The Hall–Kier alpha value is -1.78. The summed E-state index contributed by atoms with van der Waals surface area (Å²) in [7, 11) is 0. The lowest BCUT2D eigenvalue weighted by Crippen LogP contribution is -2.09. The lowest BCUT2D eigenvalue weighted by atomic mass is 10.1. The maximum absolute atomic E-state index is 12.2. The highest BCUT2D eigenvalue weighted by Gasteiger charge is 2.18. The summed E-state index contributed by atoms with van der Waals surface area (Å²) in [4.78, 5) is 22.9. The Morgan fingerprint density at radius 1 is 1.26 bits per heavy atom. The van der Waals surface area contributed by atoms with Crippen molar-refractivity contribution < 1.29 is 18.7 Å². The topological polar surface area (TPSA) is 56.5 Å². The van der Waals surface area contributed by atoms with Crippen LogP contribution in [0, 0.1) is 0 Å². The number of carbonyl (C=O) groups is 2. The lowest BCUT2D eigenvalue weighted by Gasteiger charge is -2.08. The molecule has 6 heteroatoms. The van der Waals surface area contributed by atoms with Crippen LogP contribution >= 0.6 is 23.2 Å². The van der Waals surface area contributed by atoms with Gasteiger partial charge in [-0.25, -0.2) is 0 Å². The third-order valence-corrected chi connectivity index (χ3v) is 2.62. The van der Waals surface area contributed by atoms with Gasteiger partial charge in [0.15, 0.2) is 12.4 Å². The molecule has 0 atom stereocenters. The van der Waals surface area contributed by atoms with E-state index in [1.807, 2.05) is 0 Å². The van der Waals surface area contributed by atoms with E-state index in [-0.39, 0.29) is 29.5 Å². The molecule has 1 heterocycles. The Balaban J connectivity index is 2.34. The van der Waals surface area contributed by atoms with Gasteiger partial charge in [-0.05, 0) is 41.9 Å². The number of ether oxygens (including phenoxy) is 1. The SMILES string of the molecule is O=C(Cl)COc1ccc(Cl)cc1C(=O)c1ccco1. The summed E-state index contributed by atoms with van der Waals surface area (Å²) in [5.74, 6) is -0.00589. The number of furan rings is 1. The van der Waals surface area contributed by atoms with Gasteiger partial charge in [-0.3, -0.25) is 9.59 Å². The van der Waals surface area contributed by atoms with Gasteiger partial charge in [-0.1, -0.05) is 11.6 Å². The van der Waals surface area contributed by atoms with E-state index in [2.05, 4.69) is 0 Å². The van der Waals surface area contributed by atoms with Gasteiger partial charge in [0.05, 0.1) is 11.8 Å². The largest absolute Gasteiger partial charge is 0.484 e. The van der Waals surface area contributed by atoms with Crippen molar-refractivity contribution in [2.45, 2.75) is 0 Å². The minimum absolute atomic E-state index is 0.157. The average Bonchev–Trinajstić information content (AvgIpc) is 2.90. The van der Waals surface area contributed by atoms with Crippen molar-refractivity contribution in [2.75, 3.05) is 6.61 Å². The van der Waals surface area contributed by atoms with Crippen molar-refractivity contribution in [1.29, 1.82) is 0 Å². The molecule has 0 aliphatic carbocycles. The smallest absolute Gasteiger partial charge is 0.259 e. The minimum atomic E-state index is -0.661. The van der Waals surface area contributed by atoms with E-state index < -0.39 is 5.24 Å². The highest BCUT2D eigenvalue weighted by molar-refractivity contribution is 6.63. The number of rotatable bonds is 5. The predicted molar refractivity (Wildman–Crippen MR) is 69.9 cm³/mol. The van der Waals surface area contributed by atoms with Crippen LogP contribution in [-0.4, -0.2) is 17.6 Å². The minimum Gasteiger partial charge on any atom is -0.484 e. The zero-order valence-corrected chi connectivity index (χ0v) is 11.1. The molecule has 0 fully saturated rings. The third kappa shape index (κ3) is 3.36. The zero-order valence-electron chi connectivity index (χ0n) is 9.56. The van der Waals surface area contributed by atoms with Crippen molar-refractivity contribution in [3.8, 4) is 5.75 Å². The van der Waals surface area contributed by atoms with Gasteiger partial charge in [-0.15, -0.1) is 0 Å². The fraction of sp³-hybridized carbons (Fsp3) is 0.0769. The first-order valence-electron chi connectivity index (χ1n) is 5.27.